The fraction of sp³-hybridized carbons (Fsp3) is 0.370. The molecule has 1 heterocycles. The number of nitrogens with one attached hydrogen (secondary N) is 1. The molecule has 34 heavy (non-hydrogen) atoms. The van der Waals surface area contributed by atoms with Crippen molar-refractivity contribution in [2.24, 2.45) is 5.92 Å². The number of anilines is 1. The van der Waals surface area contributed by atoms with Crippen LogP contribution in [0.25, 0.3) is 6.08 Å². The van der Waals surface area contributed by atoms with E-state index in [2.05, 4.69) is 11.4 Å². The maximum Gasteiger partial charge on any atom is 0.255 e. The number of rotatable bonds is 4. The van der Waals surface area contributed by atoms with Crippen molar-refractivity contribution in [2.75, 3.05) is 18.4 Å². The Balaban J connectivity index is 1.52. The lowest BCUT2D eigenvalue weighted by molar-refractivity contribution is -0.135. The molecule has 0 bridgehead atoms. The summed E-state index contributed by atoms with van der Waals surface area (Å²) >= 11 is 6.33. The first-order valence-electron chi connectivity index (χ1n) is 11.7. The Morgan fingerprint density at radius 2 is 1.85 bits per heavy atom. The normalized spacial score (nSPS) is 16.3. The Morgan fingerprint density at radius 3 is 2.53 bits per heavy atom. The van der Waals surface area contributed by atoms with Crippen molar-refractivity contribution in [3.8, 4) is 11.8 Å². The molecule has 0 atom stereocenters. The minimum atomic E-state index is -0.422. The maximum absolute atomic E-state index is 12.9. The third-order valence-corrected chi connectivity index (χ3v) is 6.88. The van der Waals surface area contributed by atoms with Crippen molar-refractivity contribution in [3.63, 3.8) is 0 Å². The van der Waals surface area contributed by atoms with Crippen molar-refractivity contribution < 1.29 is 14.7 Å². The average Bonchev–Trinajstić information content (AvgIpc) is 3.36. The number of benzene rings is 2. The number of amides is 2. The molecule has 0 aromatic heterocycles. The van der Waals surface area contributed by atoms with E-state index in [9.17, 15) is 14.7 Å². The minimum Gasteiger partial charge on any atom is -0.508 e. The fourth-order valence-electron chi connectivity index (χ4n) is 4.86. The van der Waals surface area contributed by atoms with Crippen LogP contribution in [0.3, 0.4) is 0 Å². The van der Waals surface area contributed by atoms with E-state index in [1.165, 1.54) is 23.8 Å². The van der Waals surface area contributed by atoms with Gasteiger partial charge >= 0.3 is 0 Å². The summed E-state index contributed by atoms with van der Waals surface area (Å²) in [6, 6.07) is 9.62. The van der Waals surface area contributed by atoms with Crippen molar-refractivity contribution in [1.82, 2.24) is 4.90 Å². The Hall–Kier alpha value is -3.30. The second kappa shape index (κ2) is 10.3. The number of carbonyl (C=O) groups excluding carboxylic acids is 2. The standard InChI is InChI=1S/C27H28ClN3O3/c1-17-10-23(28)14-21(25(17)30-26(33)22-12-19(16-29)13-24(32)15-22)11-18-6-8-31(9-7-18)27(34)20-4-2-3-5-20/h10-15,20,32H,2-9H2,1H3,(H,30,33). The SMILES string of the molecule is Cc1cc(Cl)cc(C=C2CCN(C(=O)C3CCCC3)CC2)c1NC(=O)c1cc(O)cc(C#N)c1. The van der Waals surface area contributed by atoms with Crippen LogP contribution in [0.2, 0.25) is 5.02 Å². The van der Waals surface area contributed by atoms with Crippen LogP contribution < -0.4 is 5.32 Å². The second-order valence-electron chi connectivity index (χ2n) is 9.13. The quantitative estimate of drug-likeness (QED) is 0.592. The number of nitrogens with zero attached hydrogens (tertiary/aromatic N) is 2. The molecule has 6 nitrogen and oxygen atoms in total. The molecule has 0 radical (unpaired) electrons. The summed E-state index contributed by atoms with van der Waals surface area (Å²) in [4.78, 5) is 27.7. The molecule has 7 heteroatoms. The van der Waals surface area contributed by atoms with Crippen LogP contribution >= 0.6 is 11.6 Å². The fourth-order valence-corrected chi connectivity index (χ4v) is 5.14. The van der Waals surface area contributed by atoms with E-state index < -0.39 is 5.91 Å². The van der Waals surface area contributed by atoms with Gasteiger partial charge in [-0.1, -0.05) is 36.1 Å². The van der Waals surface area contributed by atoms with Gasteiger partial charge in [-0.05, 0) is 74.1 Å². The molecule has 1 saturated carbocycles. The molecule has 1 aliphatic carbocycles. The number of piperidine rings is 1. The van der Waals surface area contributed by atoms with Gasteiger partial charge in [0.2, 0.25) is 5.91 Å². The summed E-state index contributed by atoms with van der Waals surface area (Å²) in [5.41, 5.74) is 3.85. The van der Waals surface area contributed by atoms with Crippen LogP contribution in [0.4, 0.5) is 5.69 Å². The highest BCUT2D eigenvalue weighted by molar-refractivity contribution is 6.31. The molecule has 0 spiro atoms. The topological polar surface area (TPSA) is 93.4 Å². The Morgan fingerprint density at radius 1 is 1.15 bits per heavy atom. The Labute approximate surface area is 204 Å². The van der Waals surface area contributed by atoms with Gasteiger partial charge in [-0.2, -0.15) is 5.26 Å². The summed E-state index contributed by atoms with van der Waals surface area (Å²) in [7, 11) is 0. The van der Waals surface area contributed by atoms with Crippen LogP contribution in [0.5, 0.6) is 5.75 Å². The van der Waals surface area contributed by atoms with Gasteiger partial charge in [0, 0.05) is 29.6 Å². The van der Waals surface area contributed by atoms with E-state index in [-0.39, 0.29) is 22.8 Å². The minimum absolute atomic E-state index is 0.140. The molecule has 0 unspecified atom stereocenters. The van der Waals surface area contributed by atoms with Crippen LogP contribution in [0.1, 0.15) is 65.6 Å². The molecule has 1 saturated heterocycles. The predicted octanol–water partition coefficient (Wildman–Crippen LogP) is 5.67. The van der Waals surface area contributed by atoms with E-state index in [1.54, 1.807) is 6.07 Å². The molecule has 176 valence electrons. The first kappa shape index (κ1) is 23.8. The zero-order valence-electron chi connectivity index (χ0n) is 19.2. The van der Waals surface area contributed by atoms with Crippen molar-refractivity contribution in [2.45, 2.75) is 45.4 Å². The zero-order valence-corrected chi connectivity index (χ0v) is 20.0. The molecule has 2 fully saturated rings. The van der Waals surface area contributed by atoms with E-state index in [1.807, 2.05) is 24.0 Å². The molecule has 2 aromatic carbocycles. The molecule has 2 amide bonds. The maximum atomic E-state index is 12.9. The Kier molecular flexibility index (Phi) is 7.23. The molecule has 2 aromatic rings. The second-order valence-corrected chi connectivity index (χ2v) is 9.57. The summed E-state index contributed by atoms with van der Waals surface area (Å²) in [5.74, 6) is -0.0689. The lowest BCUT2D eigenvalue weighted by atomic mass is 9.97. The number of phenolic OH excluding ortho intramolecular Hbond substituents is 1. The highest BCUT2D eigenvalue weighted by atomic mass is 35.5. The van der Waals surface area contributed by atoms with Gasteiger partial charge in [0.25, 0.3) is 5.91 Å². The lowest BCUT2D eigenvalue weighted by Gasteiger charge is -2.30. The monoisotopic (exact) mass is 477 g/mol. The number of phenols is 1. The number of hydrogen-bond acceptors (Lipinski definition) is 4. The van der Waals surface area contributed by atoms with Crippen LogP contribution in [-0.2, 0) is 4.79 Å². The summed E-state index contributed by atoms with van der Waals surface area (Å²) in [6.45, 7) is 3.29. The van der Waals surface area contributed by atoms with Gasteiger partial charge in [0.1, 0.15) is 5.75 Å². The highest BCUT2D eigenvalue weighted by Crippen LogP contribution is 2.32. The predicted molar refractivity (Wildman–Crippen MR) is 133 cm³/mol. The summed E-state index contributed by atoms with van der Waals surface area (Å²) < 4.78 is 0. The average molecular weight is 478 g/mol. The highest BCUT2D eigenvalue weighted by Gasteiger charge is 2.28. The smallest absolute Gasteiger partial charge is 0.255 e. The summed E-state index contributed by atoms with van der Waals surface area (Å²) in [6.07, 6.45) is 7.95. The van der Waals surface area contributed by atoms with Gasteiger partial charge < -0.3 is 15.3 Å². The van der Waals surface area contributed by atoms with E-state index in [0.717, 1.165) is 49.7 Å². The van der Waals surface area contributed by atoms with Gasteiger partial charge in [-0.25, -0.2) is 0 Å². The first-order chi connectivity index (χ1) is 16.3. The molecule has 4 rings (SSSR count). The number of halogens is 1. The van der Waals surface area contributed by atoms with Crippen LogP contribution in [0.15, 0.2) is 35.9 Å². The number of carbonyl (C=O) groups is 2. The van der Waals surface area contributed by atoms with Crippen LogP contribution in [-0.4, -0.2) is 34.9 Å². The zero-order chi connectivity index (χ0) is 24.2. The number of aryl methyl sites for hydroxylation is 1. The molecule has 2 aliphatic rings. The third-order valence-electron chi connectivity index (χ3n) is 6.66. The molecular weight excluding hydrogens is 450 g/mol. The van der Waals surface area contributed by atoms with E-state index in [0.29, 0.717) is 29.7 Å². The Bertz CT molecular complexity index is 1180. The molecule has 2 N–H and O–H groups in total. The van der Waals surface area contributed by atoms with Gasteiger partial charge in [0.05, 0.1) is 17.3 Å². The lowest BCUT2D eigenvalue weighted by Crippen LogP contribution is -2.39. The summed E-state index contributed by atoms with van der Waals surface area (Å²) in [5, 5.41) is 22.5. The van der Waals surface area contributed by atoms with E-state index >= 15 is 0 Å². The van der Waals surface area contributed by atoms with E-state index in [4.69, 9.17) is 16.9 Å². The third kappa shape index (κ3) is 5.43. The number of hydrogen-bond donors (Lipinski definition) is 2. The van der Waals surface area contributed by atoms with Crippen molar-refractivity contribution >= 4 is 35.2 Å². The number of likely N-dealkylation sites (tertiary alicyclic amines) is 1. The van der Waals surface area contributed by atoms with Crippen molar-refractivity contribution in [3.05, 3.63) is 63.2 Å². The first-order valence-corrected chi connectivity index (χ1v) is 12.1. The largest absolute Gasteiger partial charge is 0.508 e. The van der Waals surface area contributed by atoms with Crippen LogP contribution in [0, 0.1) is 24.2 Å². The van der Waals surface area contributed by atoms with Crippen molar-refractivity contribution in [1.29, 1.82) is 5.26 Å². The van der Waals surface area contributed by atoms with Gasteiger partial charge in [0.15, 0.2) is 0 Å². The number of nitriles is 1. The molecular formula is C27H28ClN3O3. The van der Waals surface area contributed by atoms with Gasteiger partial charge in [-0.3, -0.25) is 9.59 Å². The molecule has 1 aliphatic heterocycles. The van der Waals surface area contributed by atoms with Gasteiger partial charge in [-0.15, -0.1) is 0 Å². The number of aromatic hydroxyl groups is 1.